The predicted octanol–water partition coefficient (Wildman–Crippen LogP) is 3.77. The van der Waals surface area contributed by atoms with E-state index < -0.39 is 5.41 Å². The molecule has 1 amide bonds. The predicted molar refractivity (Wildman–Crippen MR) is 85.2 cm³/mol. The largest absolute Gasteiger partial charge is 0.325 e. The summed E-state index contributed by atoms with van der Waals surface area (Å²) in [5.41, 5.74) is 2.85. The van der Waals surface area contributed by atoms with Crippen LogP contribution in [0.25, 0.3) is 0 Å². The number of carbonyl (C=O) groups is 2. The molecule has 21 heavy (non-hydrogen) atoms. The third-order valence-corrected chi connectivity index (χ3v) is 5.06. The molecule has 0 unspecified atom stereocenters. The lowest BCUT2D eigenvalue weighted by atomic mass is 9.85. The highest BCUT2D eigenvalue weighted by molar-refractivity contribution is 7.12. The third kappa shape index (κ3) is 2.10. The zero-order valence-electron chi connectivity index (χ0n) is 12.3. The molecule has 0 atom stereocenters. The third-order valence-electron chi connectivity index (χ3n) is 4.10. The highest BCUT2D eigenvalue weighted by Crippen LogP contribution is 2.38. The Morgan fingerprint density at radius 2 is 2.05 bits per heavy atom. The maximum atomic E-state index is 12.7. The Kier molecular flexibility index (Phi) is 3.21. The molecule has 0 fully saturated rings. The van der Waals surface area contributed by atoms with Crippen LogP contribution >= 0.6 is 11.3 Å². The van der Waals surface area contributed by atoms with Crippen molar-refractivity contribution in [1.82, 2.24) is 0 Å². The zero-order chi connectivity index (χ0) is 15.2. The monoisotopic (exact) mass is 299 g/mol. The van der Waals surface area contributed by atoms with Crippen molar-refractivity contribution < 1.29 is 9.59 Å². The Bertz CT molecular complexity index is 743. The molecule has 0 saturated heterocycles. The number of amides is 1. The topological polar surface area (TPSA) is 46.2 Å². The van der Waals surface area contributed by atoms with Gasteiger partial charge >= 0.3 is 0 Å². The molecule has 0 aliphatic carbocycles. The van der Waals surface area contributed by atoms with Gasteiger partial charge in [-0.05, 0) is 61.0 Å². The van der Waals surface area contributed by atoms with Crippen molar-refractivity contribution in [2.45, 2.75) is 32.6 Å². The standard InChI is InChI=1S/C17H17NO2S/c1-4-10-7-8-21-15(10)14(19)11-5-6-13-12(9-11)17(2,3)16(20)18-13/h5-9H,4H2,1-3H3,(H,18,20). The van der Waals surface area contributed by atoms with Gasteiger partial charge in [0, 0.05) is 11.3 Å². The number of thiophene rings is 1. The lowest BCUT2D eigenvalue weighted by Gasteiger charge is -2.15. The number of benzene rings is 1. The lowest BCUT2D eigenvalue weighted by molar-refractivity contribution is -0.119. The number of hydrogen-bond donors (Lipinski definition) is 1. The highest BCUT2D eigenvalue weighted by Gasteiger charge is 2.38. The van der Waals surface area contributed by atoms with E-state index in [4.69, 9.17) is 0 Å². The van der Waals surface area contributed by atoms with Crippen LogP contribution in [0, 0.1) is 0 Å². The van der Waals surface area contributed by atoms with Gasteiger partial charge in [0.1, 0.15) is 0 Å². The summed E-state index contributed by atoms with van der Waals surface area (Å²) in [6.07, 6.45) is 0.848. The molecule has 2 heterocycles. The molecule has 1 aliphatic rings. The van der Waals surface area contributed by atoms with Crippen molar-refractivity contribution in [2.24, 2.45) is 0 Å². The number of rotatable bonds is 3. The number of ketones is 1. The van der Waals surface area contributed by atoms with Gasteiger partial charge in [0.05, 0.1) is 10.3 Å². The van der Waals surface area contributed by atoms with E-state index in [1.165, 1.54) is 11.3 Å². The average molecular weight is 299 g/mol. The smallest absolute Gasteiger partial charge is 0.234 e. The molecule has 3 nitrogen and oxygen atoms in total. The van der Waals surface area contributed by atoms with Gasteiger partial charge in [0.25, 0.3) is 0 Å². The van der Waals surface area contributed by atoms with E-state index in [-0.39, 0.29) is 11.7 Å². The van der Waals surface area contributed by atoms with Gasteiger partial charge in [-0.15, -0.1) is 11.3 Å². The quantitative estimate of drug-likeness (QED) is 0.877. The number of aryl methyl sites for hydroxylation is 1. The van der Waals surface area contributed by atoms with Gasteiger partial charge in [0.2, 0.25) is 11.7 Å². The van der Waals surface area contributed by atoms with Crippen molar-refractivity contribution in [1.29, 1.82) is 0 Å². The second kappa shape index (κ2) is 4.81. The van der Waals surface area contributed by atoms with Crippen LogP contribution in [0.15, 0.2) is 29.6 Å². The molecule has 0 radical (unpaired) electrons. The number of carbonyl (C=O) groups excluding carboxylic acids is 2. The highest BCUT2D eigenvalue weighted by atomic mass is 32.1. The average Bonchev–Trinajstić information content (AvgIpc) is 3.02. The van der Waals surface area contributed by atoms with Gasteiger partial charge in [-0.25, -0.2) is 0 Å². The van der Waals surface area contributed by atoms with E-state index >= 15 is 0 Å². The first-order valence-corrected chi connectivity index (χ1v) is 7.90. The maximum Gasteiger partial charge on any atom is 0.234 e. The van der Waals surface area contributed by atoms with Crippen LogP contribution in [0.1, 0.15) is 47.1 Å². The van der Waals surface area contributed by atoms with E-state index in [9.17, 15) is 9.59 Å². The van der Waals surface area contributed by atoms with E-state index in [1.54, 1.807) is 6.07 Å². The zero-order valence-corrected chi connectivity index (χ0v) is 13.1. The number of fused-ring (bicyclic) bond motifs is 1. The Morgan fingerprint density at radius 3 is 2.76 bits per heavy atom. The fourth-order valence-corrected chi connectivity index (χ4v) is 3.61. The van der Waals surface area contributed by atoms with E-state index in [0.29, 0.717) is 5.56 Å². The summed E-state index contributed by atoms with van der Waals surface area (Å²) in [7, 11) is 0. The molecule has 4 heteroatoms. The first-order chi connectivity index (χ1) is 9.95. The van der Waals surface area contributed by atoms with Crippen LogP contribution in [-0.2, 0) is 16.6 Å². The maximum absolute atomic E-state index is 12.7. The molecular formula is C17H17NO2S. The minimum absolute atomic E-state index is 0.0209. The van der Waals surface area contributed by atoms with E-state index in [0.717, 1.165) is 28.1 Å². The Morgan fingerprint density at radius 1 is 1.29 bits per heavy atom. The van der Waals surface area contributed by atoms with Gasteiger partial charge in [-0.2, -0.15) is 0 Å². The number of hydrogen-bond acceptors (Lipinski definition) is 3. The Labute approximate surface area is 128 Å². The Hall–Kier alpha value is -1.94. The van der Waals surface area contributed by atoms with Crippen LogP contribution in [0.4, 0.5) is 5.69 Å². The summed E-state index contributed by atoms with van der Waals surface area (Å²) in [5.74, 6) is 0.0206. The summed E-state index contributed by atoms with van der Waals surface area (Å²) < 4.78 is 0. The van der Waals surface area contributed by atoms with Crippen LogP contribution in [-0.4, -0.2) is 11.7 Å². The van der Waals surface area contributed by atoms with Crippen molar-refractivity contribution in [3.63, 3.8) is 0 Å². The number of nitrogens with one attached hydrogen (secondary N) is 1. The molecule has 3 rings (SSSR count). The van der Waals surface area contributed by atoms with Crippen molar-refractivity contribution in [2.75, 3.05) is 5.32 Å². The summed E-state index contributed by atoms with van der Waals surface area (Å²) >= 11 is 1.48. The van der Waals surface area contributed by atoms with E-state index in [2.05, 4.69) is 5.32 Å². The first kappa shape index (κ1) is 14.0. The van der Waals surface area contributed by atoms with Crippen LogP contribution in [0.5, 0.6) is 0 Å². The minimum atomic E-state index is -0.589. The summed E-state index contributed by atoms with van der Waals surface area (Å²) in [5, 5.41) is 4.82. The molecule has 108 valence electrons. The van der Waals surface area contributed by atoms with Crippen molar-refractivity contribution in [3.8, 4) is 0 Å². The lowest BCUT2D eigenvalue weighted by Crippen LogP contribution is -2.27. The first-order valence-electron chi connectivity index (χ1n) is 7.02. The van der Waals surface area contributed by atoms with Crippen LogP contribution in [0.2, 0.25) is 0 Å². The Balaban J connectivity index is 2.05. The normalized spacial score (nSPS) is 15.7. The molecule has 1 N–H and O–H groups in total. The molecule has 0 spiro atoms. The summed E-state index contributed by atoms with van der Waals surface area (Å²) in [6.45, 7) is 5.81. The fourth-order valence-electron chi connectivity index (χ4n) is 2.66. The minimum Gasteiger partial charge on any atom is -0.325 e. The van der Waals surface area contributed by atoms with Gasteiger partial charge in [-0.1, -0.05) is 6.92 Å². The van der Waals surface area contributed by atoms with E-state index in [1.807, 2.05) is 44.4 Å². The second-order valence-corrected chi connectivity index (χ2v) is 6.71. The fraction of sp³-hybridized carbons (Fsp3) is 0.294. The van der Waals surface area contributed by atoms with Crippen molar-refractivity contribution >= 4 is 28.7 Å². The molecule has 1 aromatic carbocycles. The summed E-state index contributed by atoms with van der Waals surface area (Å²) in [6, 6.07) is 7.48. The molecule has 2 aromatic rings. The summed E-state index contributed by atoms with van der Waals surface area (Å²) in [4.78, 5) is 25.5. The molecule has 0 saturated carbocycles. The van der Waals surface area contributed by atoms with Gasteiger partial charge in [-0.3, -0.25) is 9.59 Å². The SMILES string of the molecule is CCc1ccsc1C(=O)c1ccc2c(c1)C(C)(C)C(=O)N2. The van der Waals surface area contributed by atoms with Gasteiger partial charge < -0.3 is 5.32 Å². The second-order valence-electron chi connectivity index (χ2n) is 5.80. The molecular weight excluding hydrogens is 282 g/mol. The van der Waals surface area contributed by atoms with Crippen LogP contribution < -0.4 is 5.32 Å². The molecule has 0 bridgehead atoms. The van der Waals surface area contributed by atoms with Gasteiger partial charge in [0.15, 0.2) is 0 Å². The molecule has 1 aliphatic heterocycles. The molecule has 1 aromatic heterocycles. The van der Waals surface area contributed by atoms with Crippen LogP contribution in [0.3, 0.4) is 0 Å². The number of anilines is 1. The van der Waals surface area contributed by atoms with Crippen molar-refractivity contribution in [3.05, 3.63) is 51.2 Å².